The van der Waals surface area contributed by atoms with Crippen molar-refractivity contribution in [2.24, 2.45) is 11.8 Å². The largest absolute Gasteiger partial charge is 0.380 e. The molecular weight excluding hydrogens is 347 g/mol. The van der Waals surface area contributed by atoms with Crippen LogP contribution in [0.4, 0.5) is 10.1 Å². The quantitative estimate of drug-likeness (QED) is 0.882. The van der Waals surface area contributed by atoms with E-state index >= 15 is 0 Å². The van der Waals surface area contributed by atoms with E-state index in [2.05, 4.69) is 5.32 Å². The molecule has 0 aromatic heterocycles. The lowest BCUT2D eigenvalue weighted by Crippen LogP contribution is -2.39. The van der Waals surface area contributed by atoms with Crippen molar-refractivity contribution in [1.82, 2.24) is 4.31 Å². The monoisotopic (exact) mass is 370 g/mol. The van der Waals surface area contributed by atoms with E-state index in [1.54, 1.807) is 0 Å². The number of halogens is 1. The summed E-state index contributed by atoms with van der Waals surface area (Å²) in [6.45, 7) is 2.87. The first kappa shape index (κ1) is 18.3. The number of carbonyl (C=O) groups excluding carboxylic acids is 1. The Balaban J connectivity index is 1.85. The fraction of sp³-hybridized carbons (Fsp3) is 0.588. The number of rotatable bonds is 4. The predicted octanol–water partition coefficient (Wildman–Crippen LogP) is 2.22. The summed E-state index contributed by atoms with van der Waals surface area (Å²) >= 11 is 0. The van der Waals surface area contributed by atoms with Crippen LogP contribution in [0.3, 0.4) is 0 Å². The molecule has 2 fully saturated rings. The summed E-state index contributed by atoms with van der Waals surface area (Å²) in [5, 5.41) is 2.32. The van der Waals surface area contributed by atoms with Crippen LogP contribution in [0.15, 0.2) is 23.1 Å². The van der Waals surface area contributed by atoms with Crippen LogP contribution in [0, 0.1) is 17.7 Å². The van der Waals surface area contributed by atoms with E-state index in [-0.39, 0.29) is 23.0 Å². The number of hydrogen-bond acceptors (Lipinski definition) is 4. The summed E-state index contributed by atoms with van der Waals surface area (Å²) in [6, 6.07) is 3.48. The molecule has 25 heavy (non-hydrogen) atoms. The predicted molar refractivity (Wildman–Crippen MR) is 91.1 cm³/mol. The molecule has 1 saturated heterocycles. The lowest BCUT2D eigenvalue weighted by Gasteiger charge is -2.34. The first-order valence-electron chi connectivity index (χ1n) is 8.53. The first-order valence-corrected chi connectivity index (χ1v) is 9.97. The Kier molecular flexibility index (Phi) is 5.41. The molecule has 3 rings (SSSR count). The van der Waals surface area contributed by atoms with E-state index in [0.29, 0.717) is 25.7 Å². The van der Waals surface area contributed by atoms with Crippen molar-refractivity contribution >= 4 is 21.6 Å². The molecule has 1 heterocycles. The van der Waals surface area contributed by atoms with Crippen molar-refractivity contribution in [2.75, 3.05) is 31.6 Å². The number of ether oxygens (including phenoxy) is 1. The number of amides is 1. The molecule has 138 valence electrons. The number of anilines is 1. The van der Waals surface area contributed by atoms with Crippen LogP contribution in [0.2, 0.25) is 0 Å². The van der Waals surface area contributed by atoms with Gasteiger partial charge in [-0.25, -0.2) is 12.8 Å². The number of carbonyl (C=O) groups is 1. The highest BCUT2D eigenvalue weighted by molar-refractivity contribution is 7.89. The minimum absolute atomic E-state index is 0.0214. The highest BCUT2D eigenvalue weighted by Crippen LogP contribution is 2.35. The van der Waals surface area contributed by atoms with E-state index in [4.69, 9.17) is 4.74 Å². The maximum absolute atomic E-state index is 13.8. The zero-order valence-electron chi connectivity index (χ0n) is 14.2. The number of sulfonamides is 1. The van der Waals surface area contributed by atoms with E-state index in [1.807, 2.05) is 0 Å². The van der Waals surface area contributed by atoms with Gasteiger partial charge < -0.3 is 10.1 Å². The van der Waals surface area contributed by atoms with Crippen LogP contribution in [0.5, 0.6) is 0 Å². The molecule has 0 radical (unpaired) electrons. The smallest absolute Gasteiger partial charge is 0.243 e. The maximum atomic E-state index is 13.8. The van der Waals surface area contributed by atoms with Crippen molar-refractivity contribution in [3.63, 3.8) is 0 Å². The summed E-state index contributed by atoms with van der Waals surface area (Å²) in [7, 11) is -3.78. The van der Waals surface area contributed by atoms with Gasteiger partial charge in [-0.1, -0.05) is 19.3 Å². The molecule has 8 heteroatoms. The lowest BCUT2D eigenvalue weighted by molar-refractivity contribution is -0.114. The van der Waals surface area contributed by atoms with Crippen LogP contribution in [-0.4, -0.2) is 44.9 Å². The van der Waals surface area contributed by atoms with Crippen molar-refractivity contribution < 1.29 is 22.3 Å². The van der Waals surface area contributed by atoms with Gasteiger partial charge in [0.1, 0.15) is 5.82 Å². The van der Waals surface area contributed by atoms with Gasteiger partial charge in [-0.2, -0.15) is 4.31 Å². The molecule has 1 N–H and O–H groups in total. The number of nitrogens with zero attached hydrogens (tertiary/aromatic N) is 1. The van der Waals surface area contributed by atoms with Gasteiger partial charge in [0.05, 0.1) is 23.8 Å². The standard InChI is InChI=1S/C17H23FN2O4S/c1-12(21)19-17-9-15(5-6-16(17)18)25(22,23)20-7-8-24-11-14(10-20)13-3-2-4-13/h5-6,9,13-14H,2-4,7-8,10-11H2,1H3,(H,19,21). The Bertz CT molecular complexity index is 749. The summed E-state index contributed by atoms with van der Waals surface area (Å²) in [5.41, 5.74) is -0.129. The van der Waals surface area contributed by atoms with E-state index in [0.717, 1.165) is 18.9 Å². The minimum atomic E-state index is -3.78. The molecule has 1 aromatic rings. The van der Waals surface area contributed by atoms with E-state index in [1.165, 1.54) is 29.8 Å². The van der Waals surface area contributed by atoms with Gasteiger partial charge in [0.25, 0.3) is 0 Å². The summed E-state index contributed by atoms with van der Waals surface area (Å²) in [6.07, 6.45) is 3.42. The van der Waals surface area contributed by atoms with Crippen LogP contribution in [0.1, 0.15) is 26.2 Å². The Labute approximate surface area is 147 Å². The Morgan fingerprint density at radius 3 is 2.72 bits per heavy atom. The Morgan fingerprint density at radius 1 is 1.32 bits per heavy atom. The topological polar surface area (TPSA) is 75.7 Å². The molecule has 1 amide bonds. The Morgan fingerprint density at radius 2 is 2.08 bits per heavy atom. The molecule has 0 spiro atoms. The molecule has 1 atom stereocenters. The second kappa shape index (κ2) is 7.39. The zero-order chi connectivity index (χ0) is 18.0. The minimum Gasteiger partial charge on any atom is -0.380 e. The third-order valence-corrected chi connectivity index (χ3v) is 6.82. The van der Waals surface area contributed by atoms with Gasteiger partial charge in [0.2, 0.25) is 15.9 Å². The maximum Gasteiger partial charge on any atom is 0.243 e. The van der Waals surface area contributed by atoms with Gasteiger partial charge in [0.15, 0.2) is 0 Å². The van der Waals surface area contributed by atoms with E-state index in [9.17, 15) is 17.6 Å². The number of benzene rings is 1. The molecule has 1 aliphatic carbocycles. The molecule has 1 aromatic carbocycles. The fourth-order valence-corrected chi connectivity index (χ4v) is 4.83. The Hall–Kier alpha value is -1.51. The molecule has 1 aliphatic heterocycles. The summed E-state index contributed by atoms with van der Waals surface area (Å²) < 4.78 is 46.8. The first-order chi connectivity index (χ1) is 11.9. The van der Waals surface area contributed by atoms with Gasteiger partial charge in [0, 0.05) is 20.0 Å². The molecular formula is C17H23FN2O4S. The third-order valence-electron chi connectivity index (χ3n) is 4.96. The average molecular weight is 370 g/mol. The van der Waals surface area contributed by atoms with E-state index < -0.39 is 21.7 Å². The van der Waals surface area contributed by atoms with Crippen molar-refractivity contribution in [1.29, 1.82) is 0 Å². The van der Waals surface area contributed by atoms with Crippen LogP contribution in [-0.2, 0) is 19.6 Å². The molecule has 0 bridgehead atoms. The van der Waals surface area contributed by atoms with Crippen LogP contribution < -0.4 is 5.32 Å². The number of hydrogen-bond donors (Lipinski definition) is 1. The summed E-state index contributed by atoms with van der Waals surface area (Å²) in [4.78, 5) is 11.2. The van der Waals surface area contributed by atoms with Crippen LogP contribution in [0.25, 0.3) is 0 Å². The zero-order valence-corrected chi connectivity index (χ0v) is 15.0. The molecule has 2 aliphatic rings. The second-order valence-corrected chi connectivity index (χ2v) is 8.65. The summed E-state index contributed by atoms with van der Waals surface area (Å²) in [5.74, 6) is -0.414. The van der Waals surface area contributed by atoms with Gasteiger partial charge >= 0.3 is 0 Å². The fourth-order valence-electron chi connectivity index (χ4n) is 3.32. The second-order valence-electron chi connectivity index (χ2n) is 6.71. The van der Waals surface area contributed by atoms with Crippen LogP contribution >= 0.6 is 0 Å². The van der Waals surface area contributed by atoms with Crippen molar-refractivity contribution in [3.8, 4) is 0 Å². The van der Waals surface area contributed by atoms with Crippen molar-refractivity contribution in [2.45, 2.75) is 31.1 Å². The van der Waals surface area contributed by atoms with Gasteiger partial charge in [-0.05, 0) is 30.0 Å². The molecule has 1 unspecified atom stereocenters. The van der Waals surface area contributed by atoms with Gasteiger partial charge in [-0.15, -0.1) is 0 Å². The lowest BCUT2D eigenvalue weighted by atomic mass is 9.76. The molecule has 6 nitrogen and oxygen atoms in total. The normalized spacial score (nSPS) is 22.9. The highest BCUT2D eigenvalue weighted by atomic mass is 32.2. The number of nitrogens with one attached hydrogen (secondary N) is 1. The van der Waals surface area contributed by atoms with Crippen molar-refractivity contribution in [3.05, 3.63) is 24.0 Å². The molecule has 1 saturated carbocycles. The third kappa shape index (κ3) is 4.02. The average Bonchev–Trinajstić information content (AvgIpc) is 2.73. The highest BCUT2D eigenvalue weighted by Gasteiger charge is 2.35. The van der Waals surface area contributed by atoms with Gasteiger partial charge in [-0.3, -0.25) is 4.79 Å². The SMILES string of the molecule is CC(=O)Nc1cc(S(=O)(=O)N2CCOCC(C3CCC3)C2)ccc1F.